The summed E-state index contributed by atoms with van der Waals surface area (Å²) in [6.07, 6.45) is 3.24. The van der Waals surface area contributed by atoms with Gasteiger partial charge in [-0.25, -0.2) is 0 Å². The molecule has 33 heavy (non-hydrogen) atoms. The maximum atomic E-state index is 13.2. The smallest absolute Gasteiger partial charge is 0.270 e. The largest absolute Gasteiger partial charge is 0.467 e. The molecule has 4 rings (SSSR count). The number of thiocarbonyl (C=S) groups is 1. The van der Waals surface area contributed by atoms with Crippen LogP contribution in [0.2, 0.25) is 0 Å². The highest BCUT2D eigenvalue weighted by Crippen LogP contribution is 2.37. The predicted octanol–water partition coefficient (Wildman–Crippen LogP) is 3.17. The number of furan rings is 1. The van der Waals surface area contributed by atoms with E-state index in [4.69, 9.17) is 21.4 Å². The molecular formula is C23H24N4O4S2. The first-order valence-corrected chi connectivity index (χ1v) is 11.8. The molecule has 2 aromatic heterocycles. The number of thioether (sulfide) groups is 1. The van der Waals surface area contributed by atoms with Crippen molar-refractivity contribution in [2.75, 3.05) is 18.0 Å². The summed E-state index contributed by atoms with van der Waals surface area (Å²) in [4.78, 5) is 30.1. The van der Waals surface area contributed by atoms with Crippen LogP contribution in [0.25, 0.3) is 6.08 Å². The molecular weight excluding hydrogens is 460 g/mol. The Morgan fingerprint density at radius 1 is 1.30 bits per heavy atom. The molecule has 2 fully saturated rings. The number of carbonyl (C=O) groups is 1. The van der Waals surface area contributed by atoms with Gasteiger partial charge in [-0.05, 0) is 44.5 Å². The third-order valence-corrected chi connectivity index (χ3v) is 7.11. The van der Waals surface area contributed by atoms with Crippen LogP contribution in [0.3, 0.4) is 0 Å². The van der Waals surface area contributed by atoms with Crippen LogP contribution in [0, 0.1) is 18.3 Å². The molecule has 0 aromatic carbocycles. The van der Waals surface area contributed by atoms with Crippen molar-refractivity contribution in [3.8, 4) is 6.07 Å². The average Bonchev–Trinajstić information content (AvgIpc) is 3.36. The number of morpholine rings is 1. The van der Waals surface area contributed by atoms with Crippen molar-refractivity contribution in [1.82, 2.24) is 9.47 Å². The monoisotopic (exact) mass is 484 g/mol. The lowest BCUT2D eigenvalue weighted by Crippen LogP contribution is -2.47. The Kier molecular flexibility index (Phi) is 6.47. The maximum Gasteiger partial charge on any atom is 0.270 e. The van der Waals surface area contributed by atoms with Crippen LogP contribution in [0.1, 0.15) is 36.3 Å². The molecule has 2 atom stereocenters. The lowest BCUT2D eigenvalue weighted by molar-refractivity contribution is -0.122. The minimum absolute atomic E-state index is 0.0286. The van der Waals surface area contributed by atoms with Gasteiger partial charge in [-0.1, -0.05) is 24.0 Å². The van der Waals surface area contributed by atoms with E-state index in [1.165, 1.54) is 21.2 Å². The standard InChI is InChI=1S/C23H24N4O4S2/c1-13-10-26(11-14(2)31-13)20-17(15(3)18(9-24)21(28)25(20)4)8-19-22(29)27(23(32)33-19)12-16-6-5-7-30-16/h5-8,13-14H,10-12H2,1-4H3/b19-8-. The molecule has 0 spiro atoms. The number of hydrogen-bond acceptors (Lipinski definition) is 8. The summed E-state index contributed by atoms with van der Waals surface area (Å²) in [5, 5.41) is 9.64. The molecule has 1 amide bonds. The van der Waals surface area contributed by atoms with E-state index in [2.05, 4.69) is 4.90 Å². The van der Waals surface area contributed by atoms with E-state index >= 15 is 0 Å². The summed E-state index contributed by atoms with van der Waals surface area (Å²) >= 11 is 6.65. The van der Waals surface area contributed by atoms with Crippen molar-refractivity contribution in [3.63, 3.8) is 0 Å². The van der Waals surface area contributed by atoms with Crippen molar-refractivity contribution in [1.29, 1.82) is 5.26 Å². The minimum Gasteiger partial charge on any atom is -0.467 e. The molecule has 2 aromatic rings. The van der Waals surface area contributed by atoms with Crippen LogP contribution in [0.5, 0.6) is 0 Å². The molecule has 10 heteroatoms. The van der Waals surface area contributed by atoms with Gasteiger partial charge in [0.25, 0.3) is 11.5 Å². The average molecular weight is 485 g/mol. The fraction of sp³-hybridized carbons (Fsp3) is 0.391. The fourth-order valence-electron chi connectivity index (χ4n) is 4.27. The third-order valence-electron chi connectivity index (χ3n) is 5.73. The summed E-state index contributed by atoms with van der Waals surface area (Å²) in [6.45, 7) is 7.13. The summed E-state index contributed by atoms with van der Waals surface area (Å²) in [7, 11) is 1.65. The zero-order valence-electron chi connectivity index (χ0n) is 18.8. The zero-order valence-corrected chi connectivity index (χ0v) is 20.5. The van der Waals surface area contributed by atoms with Gasteiger partial charge in [0.05, 0.1) is 29.9 Å². The number of nitriles is 1. The Balaban J connectivity index is 1.81. The number of amides is 1. The van der Waals surface area contributed by atoms with Gasteiger partial charge in [0.15, 0.2) is 0 Å². The number of pyridine rings is 1. The Labute approximate surface area is 201 Å². The maximum absolute atomic E-state index is 13.2. The van der Waals surface area contributed by atoms with E-state index in [1.54, 1.807) is 38.4 Å². The number of hydrogen-bond donors (Lipinski definition) is 0. The molecule has 2 aliphatic rings. The molecule has 4 heterocycles. The van der Waals surface area contributed by atoms with Gasteiger partial charge in [0.1, 0.15) is 27.5 Å². The minimum atomic E-state index is -0.362. The van der Waals surface area contributed by atoms with Gasteiger partial charge in [-0.3, -0.25) is 19.1 Å². The topological polar surface area (TPSA) is 91.7 Å². The Hall–Kier alpha value is -2.87. The van der Waals surface area contributed by atoms with E-state index in [1.807, 2.05) is 19.9 Å². The van der Waals surface area contributed by atoms with Crippen molar-refractivity contribution in [2.45, 2.75) is 39.5 Å². The second kappa shape index (κ2) is 9.17. The number of nitrogens with zero attached hydrogens (tertiary/aromatic N) is 4. The van der Waals surface area contributed by atoms with Crippen molar-refractivity contribution >= 4 is 46.1 Å². The van der Waals surface area contributed by atoms with E-state index in [0.29, 0.717) is 45.0 Å². The fourth-order valence-corrected chi connectivity index (χ4v) is 5.51. The number of carbonyl (C=O) groups excluding carboxylic acids is 1. The highest BCUT2D eigenvalue weighted by Gasteiger charge is 2.34. The first-order valence-electron chi connectivity index (χ1n) is 10.5. The predicted molar refractivity (Wildman–Crippen MR) is 131 cm³/mol. The van der Waals surface area contributed by atoms with Gasteiger partial charge < -0.3 is 14.1 Å². The van der Waals surface area contributed by atoms with E-state index in [0.717, 1.165) is 0 Å². The second-order valence-corrected chi connectivity index (χ2v) is 9.90. The normalized spacial score (nSPS) is 22.3. The molecule has 0 N–H and O–H groups in total. The number of anilines is 1. The second-order valence-electron chi connectivity index (χ2n) is 8.22. The van der Waals surface area contributed by atoms with E-state index in [-0.39, 0.29) is 35.8 Å². The first-order chi connectivity index (χ1) is 15.7. The number of rotatable bonds is 4. The first kappa shape index (κ1) is 23.3. The number of aromatic nitrogens is 1. The van der Waals surface area contributed by atoms with E-state index < -0.39 is 0 Å². The van der Waals surface area contributed by atoms with Gasteiger partial charge >= 0.3 is 0 Å². The summed E-state index contributed by atoms with van der Waals surface area (Å²) < 4.78 is 13.2. The molecule has 0 bridgehead atoms. The van der Waals surface area contributed by atoms with E-state index in [9.17, 15) is 14.9 Å². The summed E-state index contributed by atoms with van der Waals surface area (Å²) in [5.74, 6) is 1.06. The van der Waals surface area contributed by atoms with Gasteiger partial charge in [0, 0.05) is 25.7 Å². The SMILES string of the molecule is Cc1c(/C=C2\SC(=S)N(Cc3ccco3)C2=O)c(N2CC(C)OC(C)C2)n(C)c(=O)c1C#N. The Morgan fingerprint density at radius 2 is 2.00 bits per heavy atom. The van der Waals surface area contributed by atoms with Crippen LogP contribution >= 0.6 is 24.0 Å². The molecule has 2 unspecified atom stereocenters. The molecule has 0 aliphatic carbocycles. The summed E-state index contributed by atoms with van der Waals surface area (Å²) in [5.41, 5.74) is 0.902. The van der Waals surface area contributed by atoms with Crippen molar-refractivity contribution in [3.05, 3.63) is 56.1 Å². The van der Waals surface area contributed by atoms with Gasteiger partial charge in [-0.15, -0.1) is 0 Å². The van der Waals surface area contributed by atoms with Gasteiger partial charge in [-0.2, -0.15) is 5.26 Å². The molecule has 0 radical (unpaired) electrons. The molecule has 2 aliphatic heterocycles. The molecule has 172 valence electrons. The highest BCUT2D eigenvalue weighted by atomic mass is 32.2. The zero-order chi connectivity index (χ0) is 23.9. The van der Waals surface area contributed by atoms with Crippen LogP contribution in [-0.2, 0) is 23.1 Å². The van der Waals surface area contributed by atoms with Crippen molar-refractivity contribution < 1.29 is 13.9 Å². The highest BCUT2D eigenvalue weighted by molar-refractivity contribution is 8.26. The lowest BCUT2D eigenvalue weighted by Gasteiger charge is -2.38. The lowest BCUT2D eigenvalue weighted by atomic mass is 10.0. The Morgan fingerprint density at radius 3 is 2.61 bits per heavy atom. The van der Waals surface area contributed by atoms with Crippen LogP contribution in [-0.4, -0.2) is 45.0 Å². The van der Waals surface area contributed by atoms with Gasteiger partial charge in [0.2, 0.25) is 0 Å². The number of ether oxygens (including phenoxy) is 1. The van der Waals surface area contributed by atoms with Crippen LogP contribution < -0.4 is 10.5 Å². The van der Waals surface area contributed by atoms with Crippen molar-refractivity contribution in [2.24, 2.45) is 7.05 Å². The summed E-state index contributed by atoms with van der Waals surface area (Å²) in [6, 6.07) is 5.58. The third kappa shape index (κ3) is 4.36. The van der Waals surface area contributed by atoms with Crippen LogP contribution in [0.4, 0.5) is 5.82 Å². The molecule has 2 saturated heterocycles. The Bertz CT molecular complexity index is 1230. The molecule has 0 saturated carbocycles. The quantitative estimate of drug-likeness (QED) is 0.483. The van der Waals surface area contributed by atoms with Crippen LogP contribution in [0.15, 0.2) is 32.5 Å². The molecule has 8 nitrogen and oxygen atoms in total.